The topological polar surface area (TPSA) is 98.4 Å². The number of thioether (sulfide) groups is 1. The summed E-state index contributed by atoms with van der Waals surface area (Å²) < 4.78 is 7.36. The molecule has 1 aliphatic rings. The number of nitrogens with one attached hydrogen (secondary N) is 2. The lowest BCUT2D eigenvalue weighted by Gasteiger charge is -2.14. The van der Waals surface area contributed by atoms with Gasteiger partial charge in [0, 0.05) is 29.2 Å². The van der Waals surface area contributed by atoms with Crippen molar-refractivity contribution in [2.45, 2.75) is 32.7 Å². The van der Waals surface area contributed by atoms with E-state index in [9.17, 15) is 14.9 Å². The van der Waals surface area contributed by atoms with Gasteiger partial charge in [-0.2, -0.15) is 0 Å². The number of nitro groups is 1. The van der Waals surface area contributed by atoms with Crippen molar-refractivity contribution in [1.29, 1.82) is 0 Å². The van der Waals surface area contributed by atoms with Crippen LogP contribution in [0.2, 0.25) is 0 Å². The molecule has 0 spiro atoms. The smallest absolute Gasteiger partial charge is 0.271 e. The molecule has 0 aliphatic carbocycles. The lowest BCUT2D eigenvalue weighted by Crippen LogP contribution is -2.30. The first-order valence-corrected chi connectivity index (χ1v) is 11.7. The molecule has 1 atom stereocenters. The maximum Gasteiger partial charge on any atom is 0.271 e. The van der Waals surface area contributed by atoms with Gasteiger partial charge in [-0.3, -0.25) is 14.9 Å². The van der Waals surface area contributed by atoms with Gasteiger partial charge in [0.05, 0.1) is 22.6 Å². The number of ether oxygens (including phenoxy) is 1. The van der Waals surface area contributed by atoms with Crippen molar-refractivity contribution in [3.63, 3.8) is 0 Å². The first kappa shape index (κ1) is 23.4. The van der Waals surface area contributed by atoms with Gasteiger partial charge in [-0.1, -0.05) is 30.8 Å². The SMILES string of the molecule is CCc1ccc(N[C@H]2NC(=O)/C(=C/c3cc(C)n(-c4cc([N+](=O)[O-])ccc4OC)c3C)S2)cc1. The summed E-state index contributed by atoms with van der Waals surface area (Å²) in [5, 5.41) is 17.6. The van der Waals surface area contributed by atoms with Crippen molar-refractivity contribution in [1.82, 2.24) is 9.88 Å². The maximum absolute atomic E-state index is 12.6. The molecule has 2 heterocycles. The molecule has 1 aromatic heterocycles. The number of amides is 1. The van der Waals surface area contributed by atoms with Gasteiger partial charge in [-0.25, -0.2) is 0 Å². The number of nitrogens with zero attached hydrogens (tertiary/aromatic N) is 2. The van der Waals surface area contributed by atoms with Crippen LogP contribution in [0.1, 0.15) is 29.4 Å². The third-order valence-corrected chi connectivity index (χ3v) is 6.79. The molecule has 1 aliphatic heterocycles. The van der Waals surface area contributed by atoms with Gasteiger partial charge in [0.2, 0.25) is 0 Å². The highest BCUT2D eigenvalue weighted by atomic mass is 32.2. The van der Waals surface area contributed by atoms with Crippen LogP contribution in [0.4, 0.5) is 11.4 Å². The molecule has 2 N–H and O–H groups in total. The average molecular weight is 479 g/mol. The minimum Gasteiger partial charge on any atom is -0.495 e. The lowest BCUT2D eigenvalue weighted by atomic mass is 10.1. The molecule has 0 saturated carbocycles. The van der Waals surface area contributed by atoms with Crippen LogP contribution in [-0.2, 0) is 11.2 Å². The second-order valence-electron chi connectivity index (χ2n) is 7.95. The Hall–Kier alpha value is -3.72. The molecule has 2 aromatic carbocycles. The van der Waals surface area contributed by atoms with Crippen molar-refractivity contribution in [2.75, 3.05) is 12.4 Å². The van der Waals surface area contributed by atoms with E-state index in [4.69, 9.17) is 4.74 Å². The van der Waals surface area contributed by atoms with Crippen molar-refractivity contribution >= 4 is 35.1 Å². The van der Waals surface area contributed by atoms with Crippen molar-refractivity contribution in [2.24, 2.45) is 0 Å². The van der Waals surface area contributed by atoms with Gasteiger partial charge in [0.1, 0.15) is 5.75 Å². The summed E-state index contributed by atoms with van der Waals surface area (Å²) in [4.78, 5) is 24.1. The number of anilines is 1. The summed E-state index contributed by atoms with van der Waals surface area (Å²) in [5.41, 5.74) is 5.06. The maximum atomic E-state index is 12.6. The summed E-state index contributed by atoms with van der Waals surface area (Å²) in [6.07, 6.45) is 2.83. The average Bonchev–Trinajstić information content (AvgIpc) is 3.31. The number of aryl methyl sites for hydroxylation is 2. The Labute approximate surface area is 202 Å². The quantitative estimate of drug-likeness (QED) is 0.276. The van der Waals surface area contributed by atoms with Gasteiger partial charge in [-0.15, -0.1) is 0 Å². The van der Waals surface area contributed by atoms with Crippen LogP contribution in [0.25, 0.3) is 11.8 Å². The van der Waals surface area contributed by atoms with Gasteiger partial charge in [0.15, 0.2) is 5.50 Å². The number of non-ortho nitro benzene ring substituents is 1. The Kier molecular flexibility index (Phi) is 6.65. The van der Waals surface area contributed by atoms with E-state index in [1.165, 1.54) is 36.6 Å². The molecule has 1 saturated heterocycles. The highest BCUT2D eigenvalue weighted by molar-refractivity contribution is 8.05. The molecule has 0 radical (unpaired) electrons. The number of rotatable bonds is 7. The Bertz CT molecular complexity index is 1280. The zero-order chi connectivity index (χ0) is 24.4. The van der Waals surface area contributed by atoms with E-state index >= 15 is 0 Å². The summed E-state index contributed by atoms with van der Waals surface area (Å²) in [6.45, 7) is 5.94. The highest BCUT2D eigenvalue weighted by Gasteiger charge is 2.28. The Balaban J connectivity index is 1.61. The van der Waals surface area contributed by atoms with Crippen LogP contribution < -0.4 is 15.4 Å². The summed E-state index contributed by atoms with van der Waals surface area (Å²) in [6, 6.07) is 14.6. The first-order valence-electron chi connectivity index (χ1n) is 10.9. The molecular weight excluding hydrogens is 452 g/mol. The Morgan fingerprint density at radius 2 is 1.94 bits per heavy atom. The minimum atomic E-state index is -0.428. The van der Waals surface area contributed by atoms with Gasteiger partial charge < -0.3 is 19.9 Å². The molecule has 34 heavy (non-hydrogen) atoms. The van der Waals surface area contributed by atoms with Gasteiger partial charge in [0.25, 0.3) is 11.6 Å². The van der Waals surface area contributed by atoms with Crippen LogP contribution in [0.15, 0.2) is 53.4 Å². The number of nitro benzene ring substituents is 1. The molecule has 1 amide bonds. The molecule has 176 valence electrons. The lowest BCUT2D eigenvalue weighted by molar-refractivity contribution is -0.384. The van der Waals surface area contributed by atoms with E-state index in [1.807, 2.05) is 42.7 Å². The fourth-order valence-electron chi connectivity index (χ4n) is 3.97. The van der Waals surface area contributed by atoms with Crippen LogP contribution >= 0.6 is 11.8 Å². The van der Waals surface area contributed by atoms with Crippen LogP contribution in [-0.4, -0.2) is 28.0 Å². The van der Waals surface area contributed by atoms with Crippen LogP contribution in [0.3, 0.4) is 0 Å². The van der Waals surface area contributed by atoms with Gasteiger partial charge >= 0.3 is 0 Å². The second-order valence-corrected chi connectivity index (χ2v) is 9.10. The molecule has 8 nitrogen and oxygen atoms in total. The third kappa shape index (κ3) is 4.65. The monoisotopic (exact) mass is 478 g/mol. The Morgan fingerprint density at radius 3 is 2.59 bits per heavy atom. The molecule has 3 aromatic rings. The van der Waals surface area contributed by atoms with Crippen molar-refractivity contribution in [3.05, 3.63) is 86.1 Å². The predicted molar refractivity (Wildman–Crippen MR) is 135 cm³/mol. The largest absolute Gasteiger partial charge is 0.495 e. The number of hydrogen-bond donors (Lipinski definition) is 2. The summed E-state index contributed by atoms with van der Waals surface area (Å²) >= 11 is 1.42. The van der Waals surface area contributed by atoms with E-state index in [1.54, 1.807) is 6.07 Å². The molecule has 0 bridgehead atoms. The number of carbonyl (C=O) groups is 1. The molecule has 4 rings (SSSR count). The predicted octanol–water partition coefficient (Wildman–Crippen LogP) is 5.17. The van der Waals surface area contributed by atoms with Gasteiger partial charge in [-0.05, 0) is 61.7 Å². The van der Waals surface area contributed by atoms with E-state index < -0.39 is 4.92 Å². The number of carbonyl (C=O) groups excluding carboxylic acids is 1. The van der Waals surface area contributed by atoms with E-state index in [0.717, 1.165) is 29.1 Å². The molecular formula is C25H26N4O4S. The van der Waals surface area contributed by atoms with Crippen LogP contribution in [0, 0.1) is 24.0 Å². The fraction of sp³-hybridized carbons (Fsp3) is 0.240. The van der Waals surface area contributed by atoms with Crippen molar-refractivity contribution < 1.29 is 14.5 Å². The number of hydrogen-bond acceptors (Lipinski definition) is 6. The third-order valence-electron chi connectivity index (χ3n) is 5.76. The summed E-state index contributed by atoms with van der Waals surface area (Å²) in [7, 11) is 1.53. The Morgan fingerprint density at radius 1 is 1.21 bits per heavy atom. The molecule has 1 fully saturated rings. The first-order chi connectivity index (χ1) is 16.3. The van der Waals surface area contributed by atoms with Crippen LogP contribution in [0.5, 0.6) is 5.75 Å². The van der Waals surface area contributed by atoms with E-state index in [-0.39, 0.29) is 17.1 Å². The minimum absolute atomic E-state index is 0.0187. The number of aromatic nitrogens is 1. The number of benzene rings is 2. The standard InChI is InChI=1S/C25H26N4O4S/c1-5-17-6-8-19(9-7-17)26-25-27-24(30)23(34-25)13-18-12-15(2)28(16(18)3)21-14-20(29(31)32)10-11-22(21)33-4/h6-14,25-26H,5H2,1-4H3,(H,27,30)/b23-13-/t25-/m0/s1. The van der Waals surface area contributed by atoms with E-state index in [2.05, 4.69) is 29.7 Å². The molecule has 9 heteroatoms. The number of methoxy groups -OCH3 is 1. The zero-order valence-electron chi connectivity index (χ0n) is 19.4. The van der Waals surface area contributed by atoms with Crippen molar-refractivity contribution in [3.8, 4) is 11.4 Å². The second kappa shape index (κ2) is 9.64. The van der Waals surface area contributed by atoms with E-state index in [0.29, 0.717) is 16.3 Å². The fourth-order valence-corrected chi connectivity index (χ4v) is 4.94. The highest BCUT2D eigenvalue weighted by Crippen LogP contribution is 2.34. The molecule has 0 unspecified atom stereocenters. The summed E-state index contributed by atoms with van der Waals surface area (Å²) in [5.74, 6) is 0.378. The zero-order valence-corrected chi connectivity index (χ0v) is 20.2. The normalized spacial score (nSPS) is 16.5.